The molecular weight excluding hydrogens is 394 g/mol. The highest BCUT2D eigenvalue weighted by atomic mass is 79.9. The molecule has 2 aromatic rings. The standard InChI is InChI=1S/C21H26BrNO3/c1-3-13-25-20-9-5-4-7-17(20)8-6-12-23-21(24)15-26-18-10-11-19(22)16(2)14-18/h4-5,7,9-11,14H,3,6,8,12-13,15H2,1-2H3,(H,23,24). The third-order valence-electron chi connectivity index (χ3n) is 3.88. The molecule has 4 nitrogen and oxygen atoms in total. The van der Waals surface area contributed by atoms with Crippen LogP contribution < -0.4 is 14.8 Å². The minimum absolute atomic E-state index is 0.0251. The number of aryl methyl sites for hydroxylation is 2. The molecule has 0 aliphatic heterocycles. The van der Waals surface area contributed by atoms with Crippen molar-refractivity contribution in [3.05, 3.63) is 58.1 Å². The van der Waals surface area contributed by atoms with Crippen LogP contribution in [0.4, 0.5) is 0 Å². The summed E-state index contributed by atoms with van der Waals surface area (Å²) in [6.45, 7) is 5.44. The van der Waals surface area contributed by atoms with Gasteiger partial charge in [-0.15, -0.1) is 0 Å². The maximum absolute atomic E-state index is 11.9. The molecule has 1 amide bonds. The number of ether oxygens (including phenoxy) is 2. The Balaban J connectivity index is 1.69. The Bertz CT molecular complexity index is 718. The van der Waals surface area contributed by atoms with E-state index in [9.17, 15) is 4.79 Å². The normalized spacial score (nSPS) is 10.4. The van der Waals surface area contributed by atoms with E-state index < -0.39 is 0 Å². The lowest BCUT2D eigenvalue weighted by Crippen LogP contribution is -2.29. The molecule has 0 atom stereocenters. The molecule has 0 saturated carbocycles. The van der Waals surface area contributed by atoms with Crippen molar-refractivity contribution < 1.29 is 14.3 Å². The number of carbonyl (C=O) groups excluding carboxylic acids is 1. The second-order valence-corrected chi connectivity index (χ2v) is 6.96. The maximum atomic E-state index is 11.9. The zero-order valence-electron chi connectivity index (χ0n) is 15.4. The van der Waals surface area contributed by atoms with Crippen LogP contribution >= 0.6 is 15.9 Å². The monoisotopic (exact) mass is 419 g/mol. The van der Waals surface area contributed by atoms with Crippen LogP contribution in [-0.4, -0.2) is 25.7 Å². The Kier molecular flexibility index (Phi) is 8.48. The minimum Gasteiger partial charge on any atom is -0.493 e. The molecule has 0 fully saturated rings. The zero-order valence-corrected chi connectivity index (χ0v) is 17.0. The smallest absolute Gasteiger partial charge is 0.257 e. The summed E-state index contributed by atoms with van der Waals surface area (Å²) in [5.41, 5.74) is 2.25. The van der Waals surface area contributed by atoms with Crippen molar-refractivity contribution in [2.75, 3.05) is 19.8 Å². The summed E-state index contributed by atoms with van der Waals surface area (Å²) in [4.78, 5) is 11.9. The van der Waals surface area contributed by atoms with Crippen molar-refractivity contribution in [1.82, 2.24) is 5.32 Å². The molecule has 5 heteroatoms. The highest BCUT2D eigenvalue weighted by molar-refractivity contribution is 9.10. The van der Waals surface area contributed by atoms with Gasteiger partial charge in [-0.2, -0.15) is 0 Å². The predicted octanol–water partition coefficient (Wildman–Crippen LogP) is 4.67. The van der Waals surface area contributed by atoms with Gasteiger partial charge in [-0.25, -0.2) is 0 Å². The lowest BCUT2D eigenvalue weighted by atomic mass is 10.1. The lowest BCUT2D eigenvalue weighted by Gasteiger charge is -2.11. The van der Waals surface area contributed by atoms with Crippen LogP contribution in [0.2, 0.25) is 0 Å². The quantitative estimate of drug-likeness (QED) is 0.568. The zero-order chi connectivity index (χ0) is 18.8. The fraction of sp³-hybridized carbons (Fsp3) is 0.381. The van der Waals surface area contributed by atoms with E-state index in [4.69, 9.17) is 9.47 Å². The van der Waals surface area contributed by atoms with Crippen molar-refractivity contribution in [3.63, 3.8) is 0 Å². The van der Waals surface area contributed by atoms with E-state index in [0.717, 1.165) is 41.7 Å². The summed E-state index contributed by atoms with van der Waals surface area (Å²) in [5.74, 6) is 1.53. The van der Waals surface area contributed by atoms with Gasteiger partial charge in [-0.05, 0) is 61.6 Å². The Morgan fingerprint density at radius 1 is 1.15 bits per heavy atom. The third-order valence-corrected chi connectivity index (χ3v) is 4.77. The highest BCUT2D eigenvalue weighted by Crippen LogP contribution is 2.21. The van der Waals surface area contributed by atoms with Gasteiger partial charge in [0, 0.05) is 11.0 Å². The van der Waals surface area contributed by atoms with Gasteiger partial charge >= 0.3 is 0 Å². The van der Waals surface area contributed by atoms with Gasteiger partial charge in [0.1, 0.15) is 11.5 Å². The number of carbonyl (C=O) groups is 1. The molecule has 2 rings (SSSR count). The van der Waals surface area contributed by atoms with Crippen molar-refractivity contribution in [1.29, 1.82) is 0 Å². The molecule has 0 spiro atoms. The fourth-order valence-electron chi connectivity index (χ4n) is 2.48. The van der Waals surface area contributed by atoms with Crippen molar-refractivity contribution in [2.45, 2.75) is 33.1 Å². The molecule has 0 aliphatic rings. The van der Waals surface area contributed by atoms with E-state index in [1.807, 2.05) is 43.3 Å². The highest BCUT2D eigenvalue weighted by Gasteiger charge is 2.05. The van der Waals surface area contributed by atoms with Crippen LogP contribution in [0.3, 0.4) is 0 Å². The number of para-hydroxylation sites is 1. The van der Waals surface area contributed by atoms with Gasteiger partial charge in [-0.1, -0.05) is 41.1 Å². The van der Waals surface area contributed by atoms with E-state index in [2.05, 4.69) is 34.2 Å². The summed E-state index contributed by atoms with van der Waals surface area (Å²) in [5, 5.41) is 2.90. The molecule has 26 heavy (non-hydrogen) atoms. The molecule has 0 saturated heterocycles. The molecule has 0 aliphatic carbocycles. The molecule has 1 N–H and O–H groups in total. The number of hydrogen-bond acceptors (Lipinski definition) is 3. The molecular formula is C21H26BrNO3. The first-order chi connectivity index (χ1) is 12.6. The Hall–Kier alpha value is -2.01. The summed E-state index contributed by atoms with van der Waals surface area (Å²) in [7, 11) is 0. The number of benzene rings is 2. The van der Waals surface area contributed by atoms with Crippen LogP contribution in [0.1, 0.15) is 30.9 Å². The fourth-order valence-corrected chi connectivity index (χ4v) is 2.72. The molecule has 0 aromatic heterocycles. The van der Waals surface area contributed by atoms with E-state index in [0.29, 0.717) is 12.3 Å². The van der Waals surface area contributed by atoms with Gasteiger partial charge in [0.15, 0.2) is 6.61 Å². The number of hydrogen-bond donors (Lipinski definition) is 1. The largest absolute Gasteiger partial charge is 0.493 e. The molecule has 0 unspecified atom stereocenters. The summed E-state index contributed by atoms with van der Waals surface area (Å²) < 4.78 is 12.3. The first kappa shape index (κ1) is 20.3. The van der Waals surface area contributed by atoms with Crippen LogP contribution in [0, 0.1) is 6.92 Å². The van der Waals surface area contributed by atoms with E-state index in [1.165, 1.54) is 5.56 Å². The van der Waals surface area contributed by atoms with Crippen molar-refractivity contribution >= 4 is 21.8 Å². The van der Waals surface area contributed by atoms with Crippen molar-refractivity contribution in [3.8, 4) is 11.5 Å². The average molecular weight is 420 g/mol. The number of amides is 1. The van der Waals surface area contributed by atoms with E-state index >= 15 is 0 Å². The Morgan fingerprint density at radius 3 is 2.73 bits per heavy atom. The molecule has 140 valence electrons. The van der Waals surface area contributed by atoms with Crippen LogP contribution in [-0.2, 0) is 11.2 Å². The molecule has 0 bridgehead atoms. The Labute approximate surface area is 164 Å². The first-order valence-corrected chi connectivity index (χ1v) is 9.75. The van der Waals surface area contributed by atoms with Crippen molar-refractivity contribution in [2.24, 2.45) is 0 Å². The molecule has 2 aromatic carbocycles. The average Bonchev–Trinajstić information content (AvgIpc) is 2.65. The molecule has 0 radical (unpaired) electrons. The van der Waals surface area contributed by atoms with Crippen LogP contribution in [0.15, 0.2) is 46.9 Å². The van der Waals surface area contributed by atoms with Gasteiger partial charge in [-0.3, -0.25) is 4.79 Å². The minimum atomic E-state index is -0.110. The second kappa shape index (κ2) is 10.9. The number of nitrogens with one attached hydrogen (secondary N) is 1. The Morgan fingerprint density at radius 2 is 1.96 bits per heavy atom. The maximum Gasteiger partial charge on any atom is 0.257 e. The predicted molar refractivity (Wildman–Crippen MR) is 108 cm³/mol. The van der Waals surface area contributed by atoms with Gasteiger partial charge in [0.25, 0.3) is 5.91 Å². The van der Waals surface area contributed by atoms with Gasteiger partial charge in [0.2, 0.25) is 0 Å². The second-order valence-electron chi connectivity index (χ2n) is 6.11. The molecule has 0 heterocycles. The van der Waals surface area contributed by atoms with Crippen LogP contribution in [0.5, 0.6) is 11.5 Å². The summed E-state index contributed by atoms with van der Waals surface area (Å²) in [6.07, 6.45) is 2.71. The summed E-state index contributed by atoms with van der Waals surface area (Å²) in [6, 6.07) is 13.7. The third kappa shape index (κ3) is 6.71. The SMILES string of the molecule is CCCOc1ccccc1CCCNC(=O)COc1ccc(Br)c(C)c1. The van der Waals surface area contributed by atoms with E-state index in [-0.39, 0.29) is 12.5 Å². The van der Waals surface area contributed by atoms with Gasteiger partial charge < -0.3 is 14.8 Å². The number of rotatable bonds is 10. The summed E-state index contributed by atoms with van der Waals surface area (Å²) >= 11 is 3.45. The number of halogens is 1. The topological polar surface area (TPSA) is 47.6 Å². The van der Waals surface area contributed by atoms with Gasteiger partial charge in [0.05, 0.1) is 6.61 Å². The van der Waals surface area contributed by atoms with Crippen LogP contribution in [0.25, 0.3) is 0 Å². The van der Waals surface area contributed by atoms with E-state index in [1.54, 1.807) is 0 Å². The lowest BCUT2D eigenvalue weighted by molar-refractivity contribution is -0.123. The first-order valence-electron chi connectivity index (χ1n) is 8.96.